The van der Waals surface area contributed by atoms with E-state index in [4.69, 9.17) is 9.72 Å². The average Bonchev–Trinajstić information content (AvgIpc) is 2.67. The first kappa shape index (κ1) is 15.8. The van der Waals surface area contributed by atoms with Gasteiger partial charge >= 0.3 is 0 Å². The van der Waals surface area contributed by atoms with Crippen molar-refractivity contribution in [1.29, 1.82) is 0 Å². The van der Waals surface area contributed by atoms with E-state index in [2.05, 4.69) is 19.1 Å². The number of carbonyl (C=O) groups excluding carboxylic acids is 1. The van der Waals surface area contributed by atoms with Gasteiger partial charge in [0.1, 0.15) is 0 Å². The van der Waals surface area contributed by atoms with E-state index in [0.717, 1.165) is 22.2 Å². The molecule has 25 heavy (non-hydrogen) atoms. The summed E-state index contributed by atoms with van der Waals surface area (Å²) < 4.78 is 5.37. The lowest BCUT2D eigenvalue weighted by Crippen LogP contribution is -2.40. The largest absolute Gasteiger partial charge is 0.378 e. The Bertz CT molecular complexity index is 930. The van der Waals surface area contributed by atoms with Crippen molar-refractivity contribution in [2.24, 2.45) is 0 Å². The second kappa shape index (κ2) is 6.65. The number of carbonyl (C=O) groups is 1. The number of para-hydroxylation sites is 1. The Morgan fingerprint density at radius 2 is 1.84 bits per heavy atom. The number of aromatic nitrogens is 1. The van der Waals surface area contributed by atoms with Crippen molar-refractivity contribution in [2.45, 2.75) is 6.92 Å². The Morgan fingerprint density at radius 1 is 1.04 bits per heavy atom. The zero-order chi connectivity index (χ0) is 17.2. The van der Waals surface area contributed by atoms with Crippen LogP contribution in [0.15, 0.2) is 54.6 Å². The highest BCUT2D eigenvalue weighted by Gasteiger charge is 2.21. The Morgan fingerprint density at radius 3 is 2.64 bits per heavy atom. The van der Waals surface area contributed by atoms with Crippen LogP contribution < -0.4 is 0 Å². The Balaban J connectivity index is 1.85. The number of hydrogen-bond acceptors (Lipinski definition) is 3. The molecule has 126 valence electrons. The van der Waals surface area contributed by atoms with Gasteiger partial charge < -0.3 is 9.64 Å². The summed E-state index contributed by atoms with van der Waals surface area (Å²) in [5.74, 6) is 0.0517. The maximum absolute atomic E-state index is 13.1. The summed E-state index contributed by atoms with van der Waals surface area (Å²) in [7, 11) is 0. The first-order valence-corrected chi connectivity index (χ1v) is 8.56. The molecule has 1 aromatic heterocycles. The van der Waals surface area contributed by atoms with E-state index in [0.29, 0.717) is 31.9 Å². The fraction of sp³-hybridized carbons (Fsp3) is 0.238. The number of ether oxygens (including phenoxy) is 1. The third-order valence-electron chi connectivity index (χ3n) is 4.56. The Hall–Kier alpha value is -2.72. The number of amides is 1. The van der Waals surface area contributed by atoms with Crippen LogP contribution in [0.4, 0.5) is 0 Å². The second-order valence-corrected chi connectivity index (χ2v) is 6.35. The lowest BCUT2D eigenvalue weighted by atomic mass is 10.0. The Labute approximate surface area is 147 Å². The summed E-state index contributed by atoms with van der Waals surface area (Å²) in [5, 5.41) is 0.899. The number of aryl methyl sites for hydroxylation is 1. The molecule has 0 saturated carbocycles. The summed E-state index contributed by atoms with van der Waals surface area (Å²) in [6, 6.07) is 18.0. The van der Waals surface area contributed by atoms with Crippen LogP contribution >= 0.6 is 0 Å². The third-order valence-corrected chi connectivity index (χ3v) is 4.56. The monoisotopic (exact) mass is 332 g/mol. The minimum Gasteiger partial charge on any atom is -0.378 e. The number of rotatable bonds is 2. The van der Waals surface area contributed by atoms with Gasteiger partial charge in [-0.3, -0.25) is 4.79 Å². The molecular formula is C21H20N2O2. The van der Waals surface area contributed by atoms with E-state index in [1.54, 1.807) is 0 Å². The number of pyridine rings is 1. The molecule has 2 aromatic carbocycles. The average molecular weight is 332 g/mol. The smallest absolute Gasteiger partial charge is 0.254 e. The van der Waals surface area contributed by atoms with Crippen LogP contribution in [0.3, 0.4) is 0 Å². The van der Waals surface area contributed by atoms with Crippen molar-refractivity contribution in [1.82, 2.24) is 9.88 Å². The van der Waals surface area contributed by atoms with Crippen LogP contribution in [0.25, 0.3) is 22.2 Å². The first-order valence-electron chi connectivity index (χ1n) is 8.56. The van der Waals surface area contributed by atoms with Gasteiger partial charge in [0.2, 0.25) is 0 Å². The van der Waals surface area contributed by atoms with Gasteiger partial charge in [-0.15, -0.1) is 0 Å². The van der Waals surface area contributed by atoms with Crippen molar-refractivity contribution in [2.75, 3.05) is 26.3 Å². The Kier molecular flexibility index (Phi) is 4.20. The molecule has 1 aliphatic rings. The maximum Gasteiger partial charge on any atom is 0.254 e. The standard InChI is InChI=1S/C21H20N2O2/c1-15-5-4-6-16(13-15)20-14-18(17-7-2-3-8-19(17)22-20)21(24)23-9-11-25-12-10-23/h2-8,13-14H,9-12H2,1H3. The van der Waals surface area contributed by atoms with Crippen LogP contribution in [-0.2, 0) is 4.74 Å². The van der Waals surface area contributed by atoms with Crippen LogP contribution in [0, 0.1) is 6.92 Å². The fourth-order valence-electron chi connectivity index (χ4n) is 3.24. The maximum atomic E-state index is 13.1. The van der Waals surface area contributed by atoms with E-state index in [-0.39, 0.29) is 5.91 Å². The number of morpholine rings is 1. The van der Waals surface area contributed by atoms with E-state index in [1.807, 2.05) is 47.4 Å². The SMILES string of the molecule is Cc1cccc(-c2cc(C(=O)N3CCOCC3)c3ccccc3n2)c1. The second-order valence-electron chi connectivity index (χ2n) is 6.35. The normalized spacial score (nSPS) is 14.7. The highest BCUT2D eigenvalue weighted by Crippen LogP contribution is 2.26. The van der Waals surface area contributed by atoms with Crippen molar-refractivity contribution in [3.63, 3.8) is 0 Å². The van der Waals surface area contributed by atoms with Crippen LogP contribution in [-0.4, -0.2) is 42.1 Å². The summed E-state index contributed by atoms with van der Waals surface area (Å²) in [6.07, 6.45) is 0. The zero-order valence-corrected chi connectivity index (χ0v) is 14.2. The summed E-state index contributed by atoms with van der Waals surface area (Å²) in [6.45, 7) is 4.52. The predicted octanol–water partition coefficient (Wildman–Crippen LogP) is 3.68. The number of benzene rings is 2. The molecule has 0 bridgehead atoms. The predicted molar refractivity (Wildman–Crippen MR) is 98.6 cm³/mol. The van der Waals surface area contributed by atoms with Gasteiger partial charge in [0, 0.05) is 24.0 Å². The number of fused-ring (bicyclic) bond motifs is 1. The van der Waals surface area contributed by atoms with E-state index >= 15 is 0 Å². The van der Waals surface area contributed by atoms with Crippen LogP contribution in [0.2, 0.25) is 0 Å². The van der Waals surface area contributed by atoms with E-state index in [1.165, 1.54) is 5.56 Å². The molecule has 4 heteroatoms. The first-order chi connectivity index (χ1) is 12.2. The highest BCUT2D eigenvalue weighted by molar-refractivity contribution is 6.07. The van der Waals surface area contributed by atoms with Gasteiger partial charge in [-0.1, -0.05) is 42.0 Å². The third kappa shape index (κ3) is 3.13. The number of hydrogen-bond donors (Lipinski definition) is 0. The van der Waals surface area contributed by atoms with Gasteiger partial charge in [-0.05, 0) is 25.1 Å². The van der Waals surface area contributed by atoms with Gasteiger partial charge in [0.15, 0.2) is 0 Å². The molecule has 0 radical (unpaired) electrons. The van der Waals surface area contributed by atoms with Crippen molar-refractivity contribution < 1.29 is 9.53 Å². The zero-order valence-electron chi connectivity index (χ0n) is 14.2. The van der Waals surface area contributed by atoms with Crippen molar-refractivity contribution in [3.05, 3.63) is 65.7 Å². The molecule has 4 rings (SSSR count). The lowest BCUT2D eigenvalue weighted by Gasteiger charge is -2.27. The molecule has 0 aliphatic carbocycles. The molecule has 0 unspecified atom stereocenters. The van der Waals surface area contributed by atoms with E-state index < -0.39 is 0 Å². The molecule has 0 spiro atoms. The molecule has 1 fully saturated rings. The van der Waals surface area contributed by atoms with E-state index in [9.17, 15) is 4.79 Å². The molecule has 1 saturated heterocycles. The molecule has 4 nitrogen and oxygen atoms in total. The minimum absolute atomic E-state index is 0.0517. The fourth-order valence-corrected chi connectivity index (χ4v) is 3.24. The van der Waals surface area contributed by atoms with Gasteiger partial charge in [-0.25, -0.2) is 4.98 Å². The molecule has 1 aliphatic heterocycles. The van der Waals surface area contributed by atoms with Gasteiger partial charge in [-0.2, -0.15) is 0 Å². The van der Waals surface area contributed by atoms with Gasteiger partial charge in [0.25, 0.3) is 5.91 Å². The topological polar surface area (TPSA) is 42.4 Å². The molecule has 1 amide bonds. The molecular weight excluding hydrogens is 312 g/mol. The summed E-state index contributed by atoms with van der Waals surface area (Å²) >= 11 is 0. The summed E-state index contributed by atoms with van der Waals surface area (Å²) in [5.41, 5.74) is 4.59. The quantitative estimate of drug-likeness (QED) is 0.719. The molecule has 0 N–H and O–H groups in total. The molecule has 2 heterocycles. The van der Waals surface area contributed by atoms with Crippen LogP contribution in [0.5, 0.6) is 0 Å². The number of nitrogens with zero attached hydrogens (tertiary/aromatic N) is 2. The minimum atomic E-state index is 0.0517. The van der Waals surface area contributed by atoms with Crippen molar-refractivity contribution in [3.8, 4) is 11.3 Å². The summed E-state index contributed by atoms with van der Waals surface area (Å²) in [4.78, 5) is 19.8. The van der Waals surface area contributed by atoms with Crippen molar-refractivity contribution >= 4 is 16.8 Å². The highest BCUT2D eigenvalue weighted by atomic mass is 16.5. The molecule has 3 aromatic rings. The van der Waals surface area contributed by atoms with Crippen LogP contribution in [0.1, 0.15) is 15.9 Å². The lowest BCUT2D eigenvalue weighted by molar-refractivity contribution is 0.0304. The molecule has 0 atom stereocenters. The van der Waals surface area contributed by atoms with Gasteiger partial charge in [0.05, 0.1) is 30.0 Å².